The lowest BCUT2D eigenvalue weighted by Crippen LogP contribution is -2.38. The minimum atomic E-state index is -3.75. The van der Waals surface area contributed by atoms with Gasteiger partial charge in [0.15, 0.2) is 6.10 Å². The molecule has 0 saturated carbocycles. The third-order valence-electron chi connectivity index (χ3n) is 2.98. The molecule has 1 aromatic rings. The van der Waals surface area contributed by atoms with Gasteiger partial charge in [0, 0.05) is 12.2 Å². The standard InChI is InChI=1S/C15H23N3O5S/c1-10(2)8-18-15(20)11(3)23-14(19)9-17-12-4-6-13(7-5-12)24(16,21)22/h4-7,10-11,17H,8-9H2,1-3H3,(H,18,20)(H2,16,21,22). The molecule has 9 heteroatoms. The number of nitrogens with one attached hydrogen (secondary N) is 2. The minimum Gasteiger partial charge on any atom is -0.451 e. The van der Waals surface area contributed by atoms with Gasteiger partial charge in [0.2, 0.25) is 10.0 Å². The van der Waals surface area contributed by atoms with Crippen LogP contribution < -0.4 is 15.8 Å². The zero-order valence-corrected chi connectivity index (χ0v) is 14.7. The molecular weight excluding hydrogens is 334 g/mol. The summed E-state index contributed by atoms with van der Waals surface area (Å²) < 4.78 is 27.3. The zero-order valence-electron chi connectivity index (χ0n) is 13.9. The van der Waals surface area contributed by atoms with E-state index in [1.807, 2.05) is 13.8 Å². The van der Waals surface area contributed by atoms with Crippen molar-refractivity contribution in [1.29, 1.82) is 0 Å². The molecular formula is C15H23N3O5S. The fourth-order valence-corrected chi connectivity index (χ4v) is 2.19. The van der Waals surface area contributed by atoms with Crippen LogP contribution in [0.3, 0.4) is 0 Å². The lowest BCUT2D eigenvalue weighted by atomic mass is 10.2. The number of benzene rings is 1. The first-order valence-corrected chi connectivity index (χ1v) is 8.98. The van der Waals surface area contributed by atoms with Crippen molar-refractivity contribution in [3.8, 4) is 0 Å². The third kappa shape index (κ3) is 6.97. The Morgan fingerprint density at radius 3 is 2.25 bits per heavy atom. The van der Waals surface area contributed by atoms with Gasteiger partial charge in [-0.2, -0.15) is 0 Å². The molecule has 1 unspecified atom stereocenters. The number of carbonyl (C=O) groups excluding carboxylic acids is 2. The van der Waals surface area contributed by atoms with Crippen molar-refractivity contribution in [2.24, 2.45) is 11.1 Å². The summed E-state index contributed by atoms with van der Waals surface area (Å²) in [4.78, 5) is 23.4. The Morgan fingerprint density at radius 1 is 1.17 bits per heavy atom. The van der Waals surface area contributed by atoms with Crippen molar-refractivity contribution < 1.29 is 22.7 Å². The fraction of sp³-hybridized carbons (Fsp3) is 0.467. The van der Waals surface area contributed by atoms with E-state index in [4.69, 9.17) is 9.88 Å². The van der Waals surface area contributed by atoms with Gasteiger partial charge in [0.05, 0.1) is 4.90 Å². The van der Waals surface area contributed by atoms with Crippen LogP contribution in [0.2, 0.25) is 0 Å². The molecule has 1 atom stereocenters. The lowest BCUT2D eigenvalue weighted by Gasteiger charge is -2.15. The minimum absolute atomic E-state index is 0.0222. The number of ether oxygens (including phenoxy) is 1. The molecule has 0 spiro atoms. The molecule has 1 rings (SSSR count). The largest absolute Gasteiger partial charge is 0.451 e. The first-order chi connectivity index (χ1) is 11.1. The van der Waals surface area contributed by atoms with Gasteiger partial charge in [-0.05, 0) is 37.1 Å². The summed E-state index contributed by atoms with van der Waals surface area (Å²) in [5.74, 6) is -0.647. The number of hydrogen-bond donors (Lipinski definition) is 3. The summed E-state index contributed by atoms with van der Waals surface area (Å²) >= 11 is 0. The molecule has 0 bridgehead atoms. The average molecular weight is 357 g/mol. The first kappa shape index (κ1) is 19.9. The number of amides is 1. The van der Waals surface area contributed by atoms with Gasteiger partial charge in [-0.25, -0.2) is 13.6 Å². The van der Waals surface area contributed by atoms with E-state index in [0.717, 1.165) is 0 Å². The maximum Gasteiger partial charge on any atom is 0.326 e. The second-order valence-corrected chi connectivity index (χ2v) is 7.26. The Morgan fingerprint density at radius 2 is 1.75 bits per heavy atom. The molecule has 24 heavy (non-hydrogen) atoms. The molecule has 0 heterocycles. The summed E-state index contributed by atoms with van der Waals surface area (Å²) in [6, 6.07) is 5.60. The van der Waals surface area contributed by atoms with E-state index in [1.165, 1.54) is 31.2 Å². The Bertz CT molecular complexity index is 671. The lowest BCUT2D eigenvalue weighted by molar-refractivity contribution is -0.153. The first-order valence-electron chi connectivity index (χ1n) is 7.43. The van der Waals surface area contributed by atoms with Crippen LogP contribution in [0.25, 0.3) is 0 Å². The summed E-state index contributed by atoms with van der Waals surface area (Å²) in [7, 11) is -3.75. The Hall–Kier alpha value is -2.13. The highest BCUT2D eigenvalue weighted by Crippen LogP contribution is 2.12. The van der Waals surface area contributed by atoms with Crippen molar-refractivity contribution >= 4 is 27.6 Å². The Balaban J connectivity index is 2.44. The van der Waals surface area contributed by atoms with Crippen LogP contribution in [0.5, 0.6) is 0 Å². The highest BCUT2D eigenvalue weighted by atomic mass is 32.2. The van der Waals surface area contributed by atoms with E-state index in [-0.39, 0.29) is 17.3 Å². The number of carbonyl (C=O) groups is 2. The number of primary sulfonamides is 1. The zero-order chi connectivity index (χ0) is 18.3. The molecule has 8 nitrogen and oxygen atoms in total. The van der Waals surface area contributed by atoms with Gasteiger partial charge >= 0.3 is 5.97 Å². The van der Waals surface area contributed by atoms with Gasteiger partial charge in [-0.15, -0.1) is 0 Å². The molecule has 4 N–H and O–H groups in total. The van der Waals surface area contributed by atoms with Crippen LogP contribution in [0, 0.1) is 5.92 Å². The normalized spacial score (nSPS) is 12.5. The van der Waals surface area contributed by atoms with Crippen molar-refractivity contribution in [1.82, 2.24) is 5.32 Å². The quantitative estimate of drug-likeness (QED) is 0.580. The van der Waals surface area contributed by atoms with E-state index in [9.17, 15) is 18.0 Å². The number of hydrogen-bond acceptors (Lipinski definition) is 6. The van der Waals surface area contributed by atoms with Gasteiger partial charge in [0.1, 0.15) is 6.54 Å². The predicted octanol–water partition coefficient (Wildman–Crippen LogP) is 0.450. The molecule has 1 aromatic carbocycles. The van der Waals surface area contributed by atoms with E-state index >= 15 is 0 Å². The van der Waals surface area contributed by atoms with Crippen LogP contribution in [-0.4, -0.2) is 39.5 Å². The SMILES string of the molecule is CC(C)CNC(=O)C(C)OC(=O)CNc1ccc(S(N)(=O)=O)cc1. The highest BCUT2D eigenvalue weighted by Gasteiger charge is 2.17. The van der Waals surface area contributed by atoms with Crippen molar-refractivity contribution in [3.05, 3.63) is 24.3 Å². The number of rotatable bonds is 8. The molecule has 0 aliphatic carbocycles. The average Bonchev–Trinajstić information content (AvgIpc) is 2.50. The third-order valence-corrected chi connectivity index (χ3v) is 3.91. The molecule has 0 saturated heterocycles. The maximum atomic E-state index is 11.7. The summed E-state index contributed by atoms with van der Waals surface area (Å²) in [5.41, 5.74) is 0.524. The molecule has 0 aromatic heterocycles. The summed E-state index contributed by atoms with van der Waals surface area (Å²) in [6.07, 6.45) is -0.886. The van der Waals surface area contributed by atoms with Crippen LogP contribution in [0.4, 0.5) is 5.69 Å². The van der Waals surface area contributed by atoms with Gasteiger partial charge in [-0.1, -0.05) is 13.8 Å². The molecule has 134 valence electrons. The van der Waals surface area contributed by atoms with Crippen LogP contribution in [-0.2, 0) is 24.3 Å². The second kappa shape index (κ2) is 8.65. The smallest absolute Gasteiger partial charge is 0.326 e. The van der Waals surface area contributed by atoms with Crippen molar-refractivity contribution in [2.45, 2.75) is 31.8 Å². The van der Waals surface area contributed by atoms with Gasteiger partial charge in [0.25, 0.3) is 5.91 Å². The van der Waals surface area contributed by atoms with Crippen LogP contribution in [0.15, 0.2) is 29.2 Å². The molecule has 0 aliphatic heterocycles. The van der Waals surface area contributed by atoms with E-state index < -0.39 is 22.1 Å². The summed E-state index contributed by atoms with van der Waals surface area (Å²) in [6.45, 7) is 5.77. The monoisotopic (exact) mass is 357 g/mol. The van der Waals surface area contributed by atoms with E-state index in [1.54, 1.807) is 0 Å². The summed E-state index contributed by atoms with van der Waals surface area (Å²) in [5, 5.41) is 10.4. The van der Waals surface area contributed by atoms with Crippen molar-refractivity contribution in [3.63, 3.8) is 0 Å². The number of sulfonamides is 1. The highest BCUT2D eigenvalue weighted by molar-refractivity contribution is 7.89. The Kier molecular flexibility index (Phi) is 7.18. The number of nitrogens with two attached hydrogens (primary N) is 1. The molecule has 1 amide bonds. The Labute approximate surface area is 141 Å². The van der Waals surface area contributed by atoms with E-state index in [0.29, 0.717) is 18.2 Å². The topological polar surface area (TPSA) is 128 Å². The number of esters is 1. The van der Waals surface area contributed by atoms with Crippen molar-refractivity contribution in [2.75, 3.05) is 18.4 Å². The van der Waals surface area contributed by atoms with Crippen LogP contribution >= 0.6 is 0 Å². The predicted molar refractivity (Wildman–Crippen MR) is 89.7 cm³/mol. The molecule has 0 aliphatic rings. The molecule has 0 radical (unpaired) electrons. The fourth-order valence-electron chi connectivity index (χ4n) is 1.68. The molecule has 0 fully saturated rings. The van der Waals surface area contributed by atoms with E-state index in [2.05, 4.69) is 10.6 Å². The van der Waals surface area contributed by atoms with Gasteiger partial charge in [-0.3, -0.25) is 9.59 Å². The van der Waals surface area contributed by atoms with Crippen LogP contribution in [0.1, 0.15) is 20.8 Å². The van der Waals surface area contributed by atoms with Gasteiger partial charge < -0.3 is 15.4 Å². The number of anilines is 1. The maximum absolute atomic E-state index is 11.7. The second-order valence-electron chi connectivity index (χ2n) is 5.69.